The van der Waals surface area contributed by atoms with Crippen LogP contribution in [0.4, 0.5) is 9.59 Å². The molecule has 2 aliphatic heterocycles. The van der Waals surface area contributed by atoms with E-state index in [1.165, 1.54) is 0 Å². The van der Waals surface area contributed by atoms with Crippen LogP contribution in [0.1, 0.15) is 92.9 Å². The van der Waals surface area contributed by atoms with Crippen molar-refractivity contribution in [2.24, 2.45) is 11.8 Å². The molecule has 10 nitrogen and oxygen atoms in total. The van der Waals surface area contributed by atoms with Crippen molar-refractivity contribution in [3.63, 3.8) is 0 Å². The van der Waals surface area contributed by atoms with Gasteiger partial charge in [0.25, 0.3) is 0 Å². The van der Waals surface area contributed by atoms with Crippen LogP contribution in [-0.4, -0.2) is 102 Å². The summed E-state index contributed by atoms with van der Waals surface area (Å²) in [5.74, 6) is 0.628. The van der Waals surface area contributed by atoms with Gasteiger partial charge in [-0.15, -0.1) is 0 Å². The first kappa shape index (κ1) is 32.6. The van der Waals surface area contributed by atoms with E-state index in [1.807, 2.05) is 41.5 Å². The van der Waals surface area contributed by atoms with Gasteiger partial charge in [-0.2, -0.15) is 0 Å². The second-order valence-electron chi connectivity index (χ2n) is 13.7. The van der Waals surface area contributed by atoms with Crippen molar-refractivity contribution in [3.8, 4) is 0 Å². The van der Waals surface area contributed by atoms with Gasteiger partial charge in [0.05, 0.1) is 24.4 Å². The van der Waals surface area contributed by atoms with Crippen LogP contribution in [-0.2, 0) is 23.7 Å². The molecule has 2 amide bonds. The molecule has 40 heavy (non-hydrogen) atoms. The van der Waals surface area contributed by atoms with Gasteiger partial charge in [0, 0.05) is 38.7 Å². The lowest BCUT2D eigenvalue weighted by Crippen LogP contribution is -2.45. The Morgan fingerprint density at radius 2 is 1.07 bits per heavy atom. The lowest BCUT2D eigenvalue weighted by atomic mass is 9.83. The normalized spacial score (nSPS) is 28.0. The maximum Gasteiger partial charge on any atom is 0.410 e. The third-order valence-electron chi connectivity index (χ3n) is 7.73. The van der Waals surface area contributed by atoms with Crippen molar-refractivity contribution in [2.75, 3.05) is 32.8 Å². The van der Waals surface area contributed by atoms with Crippen LogP contribution < -0.4 is 0 Å². The lowest BCUT2D eigenvalue weighted by Gasteiger charge is -2.39. The number of likely N-dealkylation sites (tertiary alicyclic amines) is 2. The molecule has 2 aliphatic carbocycles. The number of ether oxygens (including phenoxy) is 4. The van der Waals surface area contributed by atoms with Crippen molar-refractivity contribution < 1.29 is 38.4 Å². The molecule has 0 aromatic carbocycles. The molecule has 0 aromatic heterocycles. The number of amides is 2. The molecule has 10 heteroatoms. The molecular formula is C30H52N2O8. The second kappa shape index (κ2) is 14.3. The van der Waals surface area contributed by atoms with E-state index in [0.717, 1.165) is 57.7 Å². The molecule has 2 saturated heterocycles. The molecule has 0 unspecified atom stereocenters. The number of aliphatic hydroxyl groups is 1. The molecule has 230 valence electrons. The van der Waals surface area contributed by atoms with Crippen LogP contribution in [0.25, 0.3) is 0 Å². The lowest BCUT2D eigenvalue weighted by molar-refractivity contribution is -0.126. The Hall–Kier alpha value is -1.91. The van der Waals surface area contributed by atoms with Crippen LogP contribution in [0.2, 0.25) is 0 Å². The highest BCUT2D eigenvalue weighted by atomic mass is 16.6. The fourth-order valence-electron chi connectivity index (χ4n) is 5.31. The van der Waals surface area contributed by atoms with Crippen molar-refractivity contribution in [2.45, 2.75) is 129 Å². The van der Waals surface area contributed by atoms with E-state index in [1.54, 1.807) is 9.80 Å². The smallest absolute Gasteiger partial charge is 0.410 e. The number of hydrogen-bond donors (Lipinski definition) is 1. The van der Waals surface area contributed by atoms with Crippen LogP contribution in [0, 0.1) is 11.8 Å². The molecule has 2 heterocycles. The summed E-state index contributed by atoms with van der Waals surface area (Å²) in [4.78, 5) is 37.9. The SMILES string of the molecule is CC(C)(C)OC(=O)N1CCC(OC2CC(C=O)C2)CC1.CC(C)(C)OC(=O)N1CCC(OC2CC(CO)C2)CC1. The van der Waals surface area contributed by atoms with Gasteiger partial charge < -0.3 is 38.6 Å². The van der Waals surface area contributed by atoms with Gasteiger partial charge in [0.2, 0.25) is 0 Å². The van der Waals surface area contributed by atoms with Crippen LogP contribution in [0.15, 0.2) is 0 Å². The zero-order valence-corrected chi connectivity index (χ0v) is 25.4. The summed E-state index contributed by atoms with van der Waals surface area (Å²) >= 11 is 0. The summed E-state index contributed by atoms with van der Waals surface area (Å²) in [6.07, 6.45) is 8.68. The summed E-state index contributed by atoms with van der Waals surface area (Å²) in [5, 5.41) is 8.98. The Morgan fingerprint density at radius 3 is 1.40 bits per heavy atom. The minimum atomic E-state index is -0.444. The van der Waals surface area contributed by atoms with Gasteiger partial charge in [0.15, 0.2) is 0 Å². The molecule has 0 bridgehead atoms. The molecule has 4 rings (SSSR count). The van der Waals surface area contributed by atoms with E-state index in [0.29, 0.717) is 38.2 Å². The molecule has 0 atom stereocenters. The predicted molar refractivity (Wildman–Crippen MR) is 150 cm³/mol. The van der Waals surface area contributed by atoms with E-state index < -0.39 is 11.2 Å². The molecule has 0 aromatic rings. The number of aliphatic hydroxyl groups excluding tert-OH is 1. The molecule has 2 saturated carbocycles. The first-order chi connectivity index (χ1) is 18.7. The molecule has 4 fully saturated rings. The summed E-state index contributed by atoms with van der Waals surface area (Å²) in [6, 6.07) is 0. The summed E-state index contributed by atoms with van der Waals surface area (Å²) in [5.41, 5.74) is -0.879. The zero-order valence-electron chi connectivity index (χ0n) is 25.4. The molecule has 0 radical (unpaired) electrons. The van der Waals surface area contributed by atoms with Crippen LogP contribution >= 0.6 is 0 Å². The zero-order chi connectivity index (χ0) is 29.5. The van der Waals surface area contributed by atoms with Crippen molar-refractivity contribution >= 4 is 18.5 Å². The minimum absolute atomic E-state index is 0.196. The van der Waals surface area contributed by atoms with Crippen LogP contribution in [0.3, 0.4) is 0 Å². The highest BCUT2D eigenvalue weighted by Gasteiger charge is 2.35. The maximum atomic E-state index is 11.9. The predicted octanol–water partition coefficient (Wildman–Crippen LogP) is 4.55. The van der Waals surface area contributed by atoms with E-state index in [2.05, 4.69) is 0 Å². The number of nitrogens with zero attached hydrogens (tertiary/aromatic N) is 2. The van der Waals surface area contributed by atoms with Gasteiger partial charge in [-0.3, -0.25) is 0 Å². The van der Waals surface area contributed by atoms with Crippen molar-refractivity contribution in [3.05, 3.63) is 0 Å². The Kier molecular flexibility index (Phi) is 11.7. The third kappa shape index (κ3) is 10.8. The molecular weight excluding hydrogens is 516 g/mol. The third-order valence-corrected chi connectivity index (χ3v) is 7.73. The summed E-state index contributed by atoms with van der Waals surface area (Å²) in [6.45, 7) is 14.3. The first-order valence-corrected chi connectivity index (χ1v) is 15.1. The molecule has 4 aliphatic rings. The van der Waals surface area contributed by atoms with Gasteiger partial charge in [0.1, 0.15) is 17.5 Å². The Bertz CT molecular complexity index is 811. The summed E-state index contributed by atoms with van der Waals surface area (Å²) in [7, 11) is 0. The number of carbonyl (C=O) groups is 3. The fourth-order valence-corrected chi connectivity index (χ4v) is 5.31. The number of rotatable bonds is 6. The Balaban J connectivity index is 0.000000220. The van der Waals surface area contributed by atoms with Gasteiger partial charge >= 0.3 is 12.2 Å². The Labute approximate surface area is 240 Å². The average Bonchev–Trinajstić information content (AvgIpc) is 2.82. The largest absolute Gasteiger partial charge is 0.444 e. The second-order valence-corrected chi connectivity index (χ2v) is 13.7. The van der Waals surface area contributed by atoms with E-state index >= 15 is 0 Å². The quantitative estimate of drug-likeness (QED) is 0.464. The highest BCUT2D eigenvalue weighted by Crippen LogP contribution is 2.32. The highest BCUT2D eigenvalue weighted by molar-refractivity contribution is 5.68. The minimum Gasteiger partial charge on any atom is -0.444 e. The number of piperidine rings is 2. The topological polar surface area (TPSA) is 115 Å². The maximum absolute atomic E-state index is 11.9. The van der Waals surface area contributed by atoms with E-state index in [-0.39, 0.29) is 43.0 Å². The van der Waals surface area contributed by atoms with Gasteiger partial charge in [-0.05, 0) is 98.8 Å². The fraction of sp³-hybridized carbons (Fsp3) is 0.900. The number of hydrogen-bond acceptors (Lipinski definition) is 8. The van der Waals surface area contributed by atoms with E-state index in [4.69, 9.17) is 24.1 Å². The van der Waals surface area contributed by atoms with Crippen LogP contribution in [0.5, 0.6) is 0 Å². The van der Waals surface area contributed by atoms with E-state index in [9.17, 15) is 14.4 Å². The number of aldehydes is 1. The Morgan fingerprint density at radius 1 is 0.700 bits per heavy atom. The van der Waals surface area contributed by atoms with Gasteiger partial charge in [-0.1, -0.05) is 0 Å². The summed E-state index contributed by atoms with van der Waals surface area (Å²) < 4.78 is 22.7. The molecule has 0 spiro atoms. The standard InChI is InChI=1S/C15H27NO4.C15H25NO4/c2*1-15(2,3)20-14(18)16-6-4-12(5-7-16)19-13-8-11(9-13)10-17/h11-13,17H,4-10H2,1-3H3;10-13H,4-9H2,1-3H3. The van der Waals surface area contributed by atoms with Crippen molar-refractivity contribution in [1.82, 2.24) is 9.80 Å². The average molecular weight is 569 g/mol. The monoisotopic (exact) mass is 568 g/mol. The molecule has 1 N–H and O–H groups in total. The van der Waals surface area contributed by atoms with Gasteiger partial charge in [-0.25, -0.2) is 9.59 Å². The van der Waals surface area contributed by atoms with Crippen molar-refractivity contribution in [1.29, 1.82) is 0 Å². The first-order valence-electron chi connectivity index (χ1n) is 15.1. The number of carbonyl (C=O) groups excluding carboxylic acids is 3.